The van der Waals surface area contributed by atoms with Crippen LogP contribution in [0.5, 0.6) is 5.75 Å². The molecule has 25 heavy (non-hydrogen) atoms. The zero-order valence-electron chi connectivity index (χ0n) is 14.9. The molecule has 0 aromatic heterocycles. The van der Waals surface area contributed by atoms with E-state index in [-0.39, 0.29) is 17.9 Å². The van der Waals surface area contributed by atoms with Gasteiger partial charge >= 0.3 is 6.03 Å². The molecule has 6 heteroatoms. The number of carbonyl (C=O) groups excluding carboxylic acids is 2. The van der Waals surface area contributed by atoms with Crippen molar-refractivity contribution in [3.63, 3.8) is 0 Å². The Hall–Kier alpha value is -2.24. The number of urea groups is 1. The van der Waals surface area contributed by atoms with Crippen LogP contribution in [0.4, 0.5) is 4.79 Å². The first-order valence-corrected chi connectivity index (χ1v) is 9.12. The maximum absolute atomic E-state index is 12.5. The van der Waals surface area contributed by atoms with E-state index in [9.17, 15) is 9.59 Å². The molecule has 2 heterocycles. The Morgan fingerprint density at radius 2 is 1.76 bits per heavy atom. The number of piperidine rings is 1. The van der Waals surface area contributed by atoms with Gasteiger partial charge < -0.3 is 19.9 Å². The van der Waals surface area contributed by atoms with Gasteiger partial charge in [-0.05, 0) is 43.4 Å². The number of hydrogen-bond acceptors (Lipinski definition) is 3. The summed E-state index contributed by atoms with van der Waals surface area (Å²) in [6, 6.07) is 7.77. The molecule has 3 amide bonds. The molecule has 1 aromatic carbocycles. The maximum atomic E-state index is 12.5. The van der Waals surface area contributed by atoms with Crippen LogP contribution >= 0.6 is 0 Å². The third kappa shape index (κ3) is 4.44. The maximum Gasteiger partial charge on any atom is 0.320 e. The lowest BCUT2D eigenvalue weighted by molar-refractivity contribution is -0.126. The van der Waals surface area contributed by atoms with Crippen molar-refractivity contribution in [2.75, 3.05) is 33.3 Å². The number of amides is 3. The van der Waals surface area contributed by atoms with E-state index < -0.39 is 0 Å². The van der Waals surface area contributed by atoms with Crippen molar-refractivity contribution in [1.29, 1.82) is 0 Å². The van der Waals surface area contributed by atoms with Crippen LogP contribution in [0.15, 0.2) is 24.3 Å². The highest BCUT2D eigenvalue weighted by molar-refractivity contribution is 5.81. The number of rotatable bonds is 4. The Bertz CT molecular complexity index is 596. The summed E-state index contributed by atoms with van der Waals surface area (Å²) in [6.07, 6.45) is 3.91. The topological polar surface area (TPSA) is 61.9 Å². The fourth-order valence-electron chi connectivity index (χ4n) is 3.55. The first kappa shape index (κ1) is 17.6. The zero-order valence-corrected chi connectivity index (χ0v) is 14.9. The lowest BCUT2D eigenvalue weighted by Gasteiger charge is -2.34. The standard InChI is InChI=1S/C19H27N3O3/c1-25-17-8-6-15(7-9-17)13-20-18(23)16-5-4-12-22(14-16)19(24)21-10-2-3-11-21/h6-9,16H,2-5,10-14H2,1H3,(H,20,23). The van der Waals surface area contributed by atoms with Gasteiger partial charge in [-0.25, -0.2) is 4.79 Å². The van der Waals surface area contributed by atoms with Gasteiger partial charge in [-0.3, -0.25) is 4.79 Å². The van der Waals surface area contributed by atoms with Gasteiger partial charge in [-0.1, -0.05) is 12.1 Å². The molecule has 0 spiro atoms. The predicted octanol–water partition coefficient (Wildman–Crippen LogP) is 2.24. The molecule has 6 nitrogen and oxygen atoms in total. The van der Waals surface area contributed by atoms with E-state index in [2.05, 4.69) is 5.32 Å². The Labute approximate surface area is 149 Å². The van der Waals surface area contributed by atoms with Crippen LogP contribution in [-0.4, -0.2) is 55.0 Å². The lowest BCUT2D eigenvalue weighted by Crippen LogP contribution is -2.49. The van der Waals surface area contributed by atoms with Crippen LogP contribution in [0.25, 0.3) is 0 Å². The second-order valence-electron chi connectivity index (χ2n) is 6.83. The van der Waals surface area contributed by atoms with Crippen molar-refractivity contribution < 1.29 is 14.3 Å². The van der Waals surface area contributed by atoms with Crippen LogP contribution in [0.3, 0.4) is 0 Å². The first-order chi connectivity index (χ1) is 12.2. The number of nitrogens with zero attached hydrogens (tertiary/aromatic N) is 2. The Morgan fingerprint density at radius 3 is 2.44 bits per heavy atom. The third-order valence-electron chi connectivity index (χ3n) is 5.07. The average molecular weight is 345 g/mol. The van der Waals surface area contributed by atoms with Crippen LogP contribution < -0.4 is 10.1 Å². The fraction of sp³-hybridized carbons (Fsp3) is 0.579. The summed E-state index contributed by atoms with van der Waals surface area (Å²) in [5.74, 6) is 0.728. The Morgan fingerprint density at radius 1 is 1.08 bits per heavy atom. The smallest absolute Gasteiger partial charge is 0.320 e. The highest BCUT2D eigenvalue weighted by atomic mass is 16.5. The van der Waals surface area contributed by atoms with E-state index in [1.54, 1.807) is 7.11 Å². The van der Waals surface area contributed by atoms with E-state index in [4.69, 9.17) is 4.74 Å². The molecular weight excluding hydrogens is 318 g/mol. The molecule has 3 rings (SSSR count). The summed E-state index contributed by atoms with van der Waals surface area (Å²) in [4.78, 5) is 28.8. The Kier molecular flexibility index (Phi) is 5.79. The average Bonchev–Trinajstić information content (AvgIpc) is 3.20. The van der Waals surface area contributed by atoms with Crippen molar-refractivity contribution in [1.82, 2.24) is 15.1 Å². The highest BCUT2D eigenvalue weighted by Crippen LogP contribution is 2.20. The van der Waals surface area contributed by atoms with Gasteiger partial charge in [0.25, 0.3) is 0 Å². The minimum absolute atomic E-state index is 0.0368. The van der Waals surface area contributed by atoms with Crippen LogP contribution in [0.2, 0.25) is 0 Å². The second kappa shape index (κ2) is 8.23. The molecule has 136 valence electrons. The summed E-state index contributed by atoms with van der Waals surface area (Å²) in [5.41, 5.74) is 1.04. The lowest BCUT2D eigenvalue weighted by atomic mass is 9.97. The van der Waals surface area contributed by atoms with Gasteiger partial charge in [0.15, 0.2) is 0 Å². The molecule has 1 atom stereocenters. The van der Waals surface area contributed by atoms with E-state index in [0.717, 1.165) is 56.6 Å². The SMILES string of the molecule is COc1ccc(CNC(=O)C2CCCN(C(=O)N3CCCC3)C2)cc1. The van der Waals surface area contributed by atoms with Crippen molar-refractivity contribution >= 4 is 11.9 Å². The molecule has 2 saturated heterocycles. The van der Waals surface area contributed by atoms with E-state index >= 15 is 0 Å². The number of benzene rings is 1. The molecule has 0 bridgehead atoms. The summed E-state index contributed by atoms with van der Waals surface area (Å²) >= 11 is 0. The van der Waals surface area contributed by atoms with Crippen molar-refractivity contribution in [2.24, 2.45) is 5.92 Å². The molecule has 2 aliphatic heterocycles. The molecule has 2 fully saturated rings. The molecule has 1 N–H and O–H groups in total. The fourth-order valence-corrected chi connectivity index (χ4v) is 3.55. The highest BCUT2D eigenvalue weighted by Gasteiger charge is 2.31. The third-order valence-corrected chi connectivity index (χ3v) is 5.07. The minimum Gasteiger partial charge on any atom is -0.497 e. The molecule has 0 saturated carbocycles. The van der Waals surface area contributed by atoms with E-state index in [1.807, 2.05) is 34.1 Å². The van der Waals surface area contributed by atoms with Crippen LogP contribution in [-0.2, 0) is 11.3 Å². The van der Waals surface area contributed by atoms with Gasteiger partial charge in [0, 0.05) is 32.7 Å². The number of ether oxygens (including phenoxy) is 1. The molecule has 1 unspecified atom stereocenters. The summed E-state index contributed by atoms with van der Waals surface area (Å²) < 4.78 is 5.14. The predicted molar refractivity (Wildman–Crippen MR) is 95.3 cm³/mol. The van der Waals surface area contributed by atoms with Gasteiger partial charge in [-0.2, -0.15) is 0 Å². The van der Waals surface area contributed by atoms with Gasteiger partial charge in [0.05, 0.1) is 13.0 Å². The number of carbonyl (C=O) groups is 2. The minimum atomic E-state index is -0.112. The number of hydrogen-bond donors (Lipinski definition) is 1. The summed E-state index contributed by atoms with van der Waals surface area (Å²) in [6.45, 7) is 3.49. The summed E-state index contributed by atoms with van der Waals surface area (Å²) in [5, 5.41) is 3.00. The first-order valence-electron chi connectivity index (χ1n) is 9.12. The largest absolute Gasteiger partial charge is 0.497 e. The molecule has 0 aliphatic carbocycles. The quantitative estimate of drug-likeness (QED) is 0.910. The van der Waals surface area contributed by atoms with Gasteiger partial charge in [0.2, 0.25) is 5.91 Å². The molecular formula is C19H27N3O3. The molecule has 1 aromatic rings. The monoisotopic (exact) mass is 345 g/mol. The van der Waals surface area contributed by atoms with Crippen molar-refractivity contribution in [3.05, 3.63) is 29.8 Å². The molecule has 2 aliphatic rings. The summed E-state index contributed by atoms with van der Waals surface area (Å²) in [7, 11) is 1.63. The zero-order chi connectivity index (χ0) is 17.6. The Balaban J connectivity index is 1.50. The van der Waals surface area contributed by atoms with Gasteiger partial charge in [0.1, 0.15) is 5.75 Å². The van der Waals surface area contributed by atoms with E-state index in [0.29, 0.717) is 13.1 Å². The number of likely N-dealkylation sites (tertiary alicyclic amines) is 2. The van der Waals surface area contributed by atoms with Gasteiger partial charge in [-0.15, -0.1) is 0 Å². The van der Waals surface area contributed by atoms with Crippen LogP contribution in [0.1, 0.15) is 31.2 Å². The second-order valence-corrected chi connectivity index (χ2v) is 6.83. The van der Waals surface area contributed by atoms with Crippen LogP contribution in [0, 0.1) is 5.92 Å². The van der Waals surface area contributed by atoms with Crippen molar-refractivity contribution in [2.45, 2.75) is 32.2 Å². The molecule has 0 radical (unpaired) electrons. The number of nitrogens with one attached hydrogen (secondary N) is 1. The normalized spacial score (nSPS) is 20.4. The van der Waals surface area contributed by atoms with Crippen molar-refractivity contribution in [3.8, 4) is 5.75 Å². The number of methoxy groups -OCH3 is 1. The van der Waals surface area contributed by atoms with E-state index in [1.165, 1.54) is 0 Å².